The lowest BCUT2D eigenvalue weighted by molar-refractivity contribution is -0.140. The van der Waals surface area contributed by atoms with Gasteiger partial charge in [0, 0.05) is 25.4 Å². The maximum absolute atomic E-state index is 11.2. The Morgan fingerprint density at radius 1 is 1.38 bits per heavy atom. The van der Waals surface area contributed by atoms with Crippen LogP contribution < -0.4 is 11.1 Å². The Morgan fingerprint density at radius 2 is 2.00 bits per heavy atom. The molecule has 0 heterocycles. The fourth-order valence-corrected chi connectivity index (χ4v) is 1.01. The molecule has 96 valence electrons. The van der Waals surface area contributed by atoms with Crippen molar-refractivity contribution in [1.82, 2.24) is 5.32 Å². The van der Waals surface area contributed by atoms with Gasteiger partial charge in [-0.3, -0.25) is 9.59 Å². The zero-order valence-corrected chi connectivity index (χ0v) is 10.6. The normalized spacial score (nSPS) is 11.2. The standard InChI is InChI=1S/C10H20N2O3.ClH/c1-8(11)5-6-9(13)12-7-3-4-10(14)15-2;/h8H,3-7,11H2,1-2H3,(H,12,13);1H. The Morgan fingerprint density at radius 3 is 2.50 bits per heavy atom. The van der Waals surface area contributed by atoms with Gasteiger partial charge in [0.05, 0.1) is 7.11 Å². The number of methoxy groups -OCH3 is 1. The largest absolute Gasteiger partial charge is 0.469 e. The van der Waals surface area contributed by atoms with Crippen LogP contribution in [0.3, 0.4) is 0 Å². The average Bonchev–Trinajstić information content (AvgIpc) is 2.21. The van der Waals surface area contributed by atoms with Crippen LogP contribution in [0.15, 0.2) is 0 Å². The third-order valence-electron chi connectivity index (χ3n) is 1.93. The Kier molecular flexibility index (Phi) is 11.8. The van der Waals surface area contributed by atoms with Gasteiger partial charge in [0.1, 0.15) is 0 Å². The van der Waals surface area contributed by atoms with Gasteiger partial charge in [-0.15, -0.1) is 12.4 Å². The molecule has 0 aliphatic rings. The van der Waals surface area contributed by atoms with Crippen molar-refractivity contribution in [2.45, 2.75) is 38.6 Å². The third-order valence-corrected chi connectivity index (χ3v) is 1.93. The number of amides is 1. The van der Waals surface area contributed by atoms with E-state index in [4.69, 9.17) is 5.73 Å². The predicted octanol–water partition coefficient (Wildman–Crippen LogP) is 0.605. The highest BCUT2D eigenvalue weighted by Crippen LogP contribution is 1.94. The van der Waals surface area contributed by atoms with Gasteiger partial charge in [-0.05, 0) is 19.8 Å². The molecule has 0 spiro atoms. The average molecular weight is 253 g/mol. The van der Waals surface area contributed by atoms with Crippen molar-refractivity contribution >= 4 is 24.3 Å². The number of hydrogen-bond acceptors (Lipinski definition) is 4. The number of ether oxygens (including phenoxy) is 1. The quantitative estimate of drug-likeness (QED) is 0.514. The topological polar surface area (TPSA) is 81.4 Å². The highest BCUT2D eigenvalue weighted by atomic mass is 35.5. The van der Waals surface area contributed by atoms with E-state index in [1.807, 2.05) is 6.92 Å². The first-order chi connectivity index (χ1) is 7.06. The number of rotatable bonds is 7. The summed E-state index contributed by atoms with van der Waals surface area (Å²) in [6.07, 6.45) is 2.07. The van der Waals surface area contributed by atoms with Crippen molar-refractivity contribution in [2.75, 3.05) is 13.7 Å². The molecule has 1 unspecified atom stereocenters. The molecule has 1 amide bonds. The molecule has 0 aromatic carbocycles. The van der Waals surface area contributed by atoms with E-state index in [2.05, 4.69) is 10.1 Å². The summed E-state index contributed by atoms with van der Waals surface area (Å²) >= 11 is 0. The van der Waals surface area contributed by atoms with Crippen LogP contribution in [0.5, 0.6) is 0 Å². The lowest BCUT2D eigenvalue weighted by Gasteiger charge is -2.06. The Bertz CT molecular complexity index is 210. The SMILES string of the molecule is COC(=O)CCCNC(=O)CCC(C)N.Cl. The summed E-state index contributed by atoms with van der Waals surface area (Å²) in [6.45, 7) is 2.37. The van der Waals surface area contributed by atoms with Gasteiger partial charge >= 0.3 is 5.97 Å². The maximum Gasteiger partial charge on any atom is 0.305 e. The molecule has 0 bridgehead atoms. The Hall–Kier alpha value is -0.810. The van der Waals surface area contributed by atoms with E-state index in [-0.39, 0.29) is 30.3 Å². The first-order valence-corrected chi connectivity index (χ1v) is 5.15. The number of carbonyl (C=O) groups excluding carboxylic acids is 2. The molecule has 16 heavy (non-hydrogen) atoms. The number of carbonyl (C=O) groups is 2. The minimum absolute atomic E-state index is 0. The summed E-state index contributed by atoms with van der Waals surface area (Å²) in [5, 5.41) is 2.72. The van der Waals surface area contributed by atoms with Crippen molar-refractivity contribution in [3.63, 3.8) is 0 Å². The van der Waals surface area contributed by atoms with E-state index >= 15 is 0 Å². The van der Waals surface area contributed by atoms with Crippen molar-refractivity contribution in [3.8, 4) is 0 Å². The molecule has 0 saturated carbocycles. The van der Waals surface area contributed by atoms with Crippen LogP contribution in [0, 0.1) is 0 Å². The molecular formula is C10H21ClN2O3. The molecule has 0 aromatic rings. The van der Waals surface area contributed by atoms with E-state index in [1.54, 1.807) is 0 Å². The highest BCUT2D eigenvalue weighted by Gasteiger charge is 2.04. The Balaban J connectivity index is 0. The zero-order valence-electron chi connectivity index (χ0n) is 9.82. The van der Waals surface area contributed by atoms with Gasteiger partial charge in [-0.25, -0.2) is 0 Å². The molecule has 0 radical (unpaired) electrons. The van der Waals surface area contributed by atoms with E-state index in [9.17, 15) is 9.59 Å². The number of halogens is 1. The summed E-state index contributed by atoms with van der Waals surface area (Å²) in [7, 11) is 1.35. The van der Waals surface area contributed by atoms with E-state index in [0.717, 1.165) is 0 Å². The van der Waals surface area contributed by atoms with E-state index in [0.29, 0.717) is 32.2 Å². The molecule has 5 nitrogen and oxygen atoms in total. The molecule has 6 heteroatoms. The molecule has 0 rings (SSSR count). The lowest BCUT2D eigenvalue weighted by Crippen LogP contribution is -2.27. The minimum Gasteiger partial charge on any atom is -0.469 e. The van der Waals surface area contributed by atoms with Crippen molar-refractivity contribution in [2.24, 2.45) is 5.73 Å². The van der Waals surface area contributed by atoms with Crippen LogP contribution in [0.2, 0.25) is 0 Å². The molecular weight excluding hydrogens is 232 g/mol. The number of nitrogens with two attached hydrogens (primary N) is 1. The van der Waals surface area contributed by atoms with Crippen molar-refractivity contribution < 1.29 is 14.3 Å². The molecule has 0 aliphatic heterocycles. The second-order valence-corrected chi connectivity index (χ2v) is 3.55. The van der Waals surface area contributed by atoms with Crippen LogP contribution in [-0.2, 0) is 14.3 Å². The van der Waals surface area contributed by atoms with Crippen molar-refractivity contribution in [1.29, 1.82) is 0 Å². The Labute approximate surface area is 103 Å². The lowest BCUT2D eigenvalue weighted by atomic mass is 10.2. The molecule has 1 atom stereocenters. The number of nitrogens with one attached hydrogen (secondary N) is 1. The molecule has 0 saturated heterocycles. The molecule has 0 aliphatic carbocycles. The third kappa shape index (κ3) is 11.3. The van der Waals surface area contributed by atoms with Crippen LogP contribution in [-0.4, -0.2) is 31.6 Å². The van der Waals surface area contributed by atoms with Crippen LogP contribution in [0.25, 0.3) is 0 Å². The second kappa shape index (κ2) is 10.7. The summed E-state index contributed by atoms with van der Waals surface area (Å²) in [4.78, 5) is 21.9. The molecule has 3 N–H and O–H groups in total. The number of esters is 1. The van der Waals surface area contributed by atoms with Crippen LogP contribution in [0.4, 0.5) is 0 Å². The maximum atomic E-state index is 11.2. The summed E-state index contributed by atoms with van der Waals surface area (Å²) in [6, 6.07) is 0.0471. The smallest absolute Gasteiger partial charge is 0.305 e. The van der Waals surface area contributed by atoms with Gasteiger partial charge in [-0.2, -0.15) is 0 Å². The number of hydrogen-bond donors (Lipinski definition) is 2. The fourth-order valence-electron chi connectivity index (χ4n) is 1.01. The summed E-state index contributed by atoms with van der Waals surface area (Å²) in [5.41, 5.74) is 5.51. The summed E-state index contributed by atoms with van der Waals surface area (Å²) in [5.74, 6) is -0.267. The van der Waals surface area contributed by atoms with Crippen LogP contribution >= 0.6 is 12.4 Å². The van der Waals surface area contributed by atoms with Gasteiger partial charge in [0.2, 0.25) is 5.91 Å². The van der Waals surface area contributed by atoms with Gasteiger partial charge < -0.3 is 15.8 Å². The van der Waals surface area contributed by atoms with Crippen molar-refractivity contribution in [3.05, 3.63) is 0 Å². The monoisotopic (exact) mass is 252 g/mol. The fraction of sp³-hybridized carbons (Fsp3) is 0.800. The second-order valence-electron chi connectivity index (χ2n) is 3.55. The molecule has 0 fully saturated rings. The molecule has 0 aromatic heterocycles. The van der Waals surface area contributed by atoms with Gasteiger partial charge in [0.25, 0.3) is 0 Å². The first-order valence-electron chi connectivity index (χ1n) is 5.15. The van der Waals surface area contributed by atoms with E-state index < -0.39 is 0 Å². The highest BCUT2D eigenvalue weighted by molar-refractivity contribution is 5.85. The minimum atomic E-state index is -0.250. The predicted molar refractivity (Wildman–Crippen MR) is 64.4 cm³/mol. The van der Waals surface area contributed by atoms with Gasteiger partial charge in [0.15, 0.2) is 0 Å². The van der Waals surface area contributed by atoms with Crippen LogP contribution in [0.1, 0.15) is 32.6 Å². The van der Waals surface area contributed by atoms with E-state index in [1.165, 1.54) is 7.11 Å². The van der Waals surface area contributed by atoms with Gasteiger partial charge in [-0.1, -0.05) is 0 Å². The summed E-state index contributed by atoms with van der Waals surface area (Å²) < 4.78 is 4.47. The zero-order chi connectivity index (χ0) is 11.7. The first kappa shape index (κ1) is 17.6.